The van der Waals surface area contributed by atoms with Crippen molar-refractivity contribution in [1.82, 2.24) is 19.9 Å². The lowest BCUT2D eigenvalue weighted by Gasteiger charge is -2.36. The summed E-state index contributed by atoms with van der Waals surface area (Å²) in [5.41, 5.74) is -1.90. The summed E-state index contributed by atoms with van der Waals surface area (Å²) in [6.45, 7) is 5.95. The van der Waals surface area contributed by atoms with Crippen molar-refractivity contribution in [3.05, 3.63) is 11.9 Å². The van der Waals surface area contributed by atoms with Crippen molar-refractivity contribution in [2.24, 2.45) is 11.8 Å². The zero-order chi connectivity index (χ0) is 21.2. The van der Waals surface area contributed by atoms with Crippen LogP contribution in [0.1, 0.15) is 71.0 Å². The van der Waals surface area contributed by atoms with E-state index in [1.54, 1.807) is 31.6 Å². The van der Waals surface area contributed by atoms with Crippen molar-refractivity contribution in [3.63, 3.8) is 0 Å². The standard InChI is InChI=1S/C19H30FN5O4/c1-18(2,3)28-17(27)24-10-8-19(20,9-11-24)15-12-25(23-22-15)14-6-4-13(5-7-14)16(26)29-21/h12-14H,4-11,21H2,1-3H3. The Hall–Kier alpha value is -2.23. The van der Waals surface area contributed by atoms with E-state index in [4.69, 9.17) is 10.6 Å². The molecule has 0 spiro atoms. The predicted octanol–water partition coefficient (Wildman–Crippen LogP) is 2.62. The number of carbonyl (C=O) groups excluding carboxylic acids is 2. The van der Waals surface area contributed by atoms with Crippen LogP contribution in [0.5, 0.6) is 0 Å². The van der Waals surface area contributed by atoms with Crippen LogP contribution in [-0.4, -0.2) is 50.6 Å². The second kappa shape index (κ2) is 8.25. The quantitative estimate of drug-likeness (QED) is 0.761. The van der Waals surface area contributed by atoms with E-state index in [1.807, 2.05) is 0 Å². The molecule has 2 aliphatic rings. The summed E-state index contributed by atoms with van der Waals surface area (Å²) in [7, 11) is 0. The van der Waals surface area contributed by atoms with Crippen LogP contribution in [0.3, 0.4) is 0 Å². The van der Waals surface area contributed by atoms with Gasteiger partial charge in [-0.3, -0.25) is 4.79 Å². The molecule has 0 bridgehead atoms. The number of hydrogen-bond donors (Lipinski definition) is 1. The van der Waals surface area contributed by atoms with Gasteiger partial charge in [0.25, 0.3) is 0 Å². The van der Waals surface area contributed by atoms with Crippen LogP contribution in [0.25, 0.3) is 0 Å². The molecule has 2 N–H and O–H groups in total. The number of ether oxygens (including phenoxy) is 1. The Kier molecular flexibility index (Phi) is 6.11. The normalized spacial score (nSPS) is 24.8. The highest BCUT2D eigenvalue weighted by Crippen LogP contribution is 2.38. The van der Waals surface area contributed by atoms with Gasteiger partial charge in [0.15, 0.2) is 5.67 Å². The van der Waals surface area contributed by atoms with E-state index in [0.29, 0.717) is 18.5 Å². The summed E-state index contributed by atoms with van der Waals surface area (Å²) in [6, 6.07) is 0.0727. The Labute approximate surface area is 169 Å². The third kappa shape index (κ3) is 5.04. The molecule has 1 aliphatic carbocycles. The maximum atomic E-state index is 15.5. The summed E-state index contributed by atoms with van der Waals surface area (Å²) in [5, 5.41) is 8.21. The van der Waals surface area contributed by atoms with Gasteiger partial charge in [-0.15, -0.1) is 5.10 Å². The Morgan fingerprint density at radius 2 is 1.83 bits per heavy atom. The van der Waals surface area contributed by atoms with Gasteiger partial charge >= 0.3 is 12.1 Å². The minimum absolute atomic E-state index is 0.0727. The zero-order valence-electron chi connectivity index (χ0n) is 17.3. The van der Waals surface area contributed by atoms with Crippen LogP contribution < -0.4 is 5.90 Å². The number of nitrogens with zero attached hydrogens (tertiary/aromatic N) is 4. The third-order valence-electron chi connectivity index (χ3n) is 5.70. The lowest BCUT2D eigenvalue weighted by molar-refractivity contribution is -0.150. The largest absolute Gasteiger partial charge is 0.444 e. The molecule has 2 heterocycles. The van der Waals surface area contributed by atoms with Gasteiger partial charge in [0, 0.05) is 25.9 Å². The maximum Gasteiger partial charge on any atom is 0.410 e. The Bertz CT molecular complexity index is 731. The minimum Gasteiger partial charge on any atom is -0.444 e. The van der Waals surface area contributed by atoms with Crippen LogP contribution in [0.2, 0.25) is 0 Å². The second-order valence-electron chi connectivity index (χ2n) is 8.96. The molecule has 1 aromatic heterocycles. The van der Waals surface area contributed by atoms with E-state index in [-0.39, 0.29) is 43.9 Å². The minimum atomic E-state index is -1.61. The van der Waals surface area contributed by atoms with Gasteiger partial charge in [-0.2, -0.15) is 5.90 Å². The molecule has 9 nitrogen and oxygen atoms in total. The molecule has 0 radical (unpaired) electrons. The van der Waals surface area contributed by atoms with Crippen LogP contribution in [-0.2, 0) is 20.0 Å². The lowest BCUT2D eigenvalue weighted by atomic mass is 9.86. The number of piperidine rings is 1. The Balaban J connectivity index is 1.57. The first kappa shape index (κ1) is 21.5. The van der Waals surface area contributed by atoms with E-state index in [2.05, 4.69) is 15.1 Å². The van der Waals surface area contributed by atoms with Crippen molar-refractivity contribution in [1.29, 1.82) is 0 Å². The molecule has 162 valence electrons. The molecule has 0 aromatic carbocycles. The Morgan fingerprint density at radius 3 is 2.38 bits per heavy atom. The number of nitrogens with two attached hydrogens (primary N) is 1. The first-order valence-corrected chi connectivity index (χ1v) is 10.1. The maximum absolute atomic E-state index is 15.5. The highest BCUT2D eigenvalue weighted by Gasteiger charge is 2.41. The first-order valence-electron chi connectivity index (χ1n) is 10.1. The number of alkyl halides is 1. The molecule has 0 unspecified atom stereocenters. The molecule has 1 aromatic rings. The van der Waals surface area contributed by atoms with Gasteiger partial charge < -0.3 is 14.5 Å². The number of hydrogen-bond acceptors (Lipinski definition) is 7. The number of rotatable bonds is 3. The zero-order valence-corrected chi connectivity index (χ0v) is 17.3. The van der Waals surface area contributed by atoms with E-state index in [9.17, 15) is 9.59 Å². The molecule has 1 aliphatic heterocycles. The van der Waals surface area contributed by atoms with Crippen LogP contribution >= 0.6 is 0 Å². The summed E-state index contributed by atoms with van der Waals surface area (Å²) in [4.78, 5) is 29.6. The van der Waals surface area contributed by atoms with Gasteiger partial charge in [0.2, 0.25) is 0 Å². The Morgan fingerprint density at radius 1 is 1.21 bits per heavy atom. The molecule has 2 fully saturated rings. The molecule has 29 heavy (non-hydrogen) atoms. The average molecular weight is 411 g/mol. The number of halogens is 1. The molecular formula is C19H30FN5O4. The van der Waals surface area contributed by atoms with Gasteiger partial charge in [0.05, 0.1) is 18.2 Å². The van der Waals surface area contributed by atoms with Gasteiger partial charge in [-0.25, -0.2) is 13.9 Å². The first-order chi connectivity index (χ1) is 13.6. The van der Waals surface area contributed by atoms with Crippen molar-refractivity contribution in [3.8, 4) is 0 Å². The van der Waals surface area contributed by atoms with E-state index in [1.165, 1.54) is 4.90 Å². The van der Waals surface area contributed by atoms with E-state index >= 15 is 4.39 Å². The molecule has 1 saturated carbocycles. The number of carbonyl (C=O) groups is 2. The highest BCUT2D eigenvalue weighted by molar-refractivity contribution is 5.72. The summed E-state index contributed by atoms with van der Waals surface area (Å²) in [6.07, 6.45) is 4.32. The van der Waals surface area contributed by atoms with Crippen LogP contribution in [0.15, 0.2) is 6.20 Å². The average Bonchev–Trinajstić information content (AvgIpc) is 3.18. The van der Waals surface area contributed by atoms with Gasteiger partial charge in [-0.05, 0) is 46.5 Å². The SMILES string of the molecule is CC(C)(C)OC(=O)N1CCC(F)(c2cn(C3CCC(C(=O)ON)CC3)nn2)CC1. The van der Waals surface area contributed by atoms with E-state index < -0.39 is 17.4 Å². The van der Waals surface area contributed by atoms with Crippen LogP contribution in [0.4, 0.5) is 9.18 Å². The monoisotopic (exact) mass is 411 g/mol. The van der Waals surface area contributed by atoms with Crippen LogP contribution in [0, 0.1) is 5.92 Å². The topological polar surface area (TPSA) is 113 Å². The predicted molar refractivity (Wildman–Crippen MR) is 101 cm³/mol. The second-order valence-corrected chi connectivity index (χ2v) is 8.96. The molecule has 0 atom stereocenters. The molecule has 10 heteroatoms. The fourth-order valence-corrected chi connectivity index (χ4v) is 3.96. The van der Waals surface area contributed by atoms with Gasteiger partial charge in [0.1, 0.15) is 11.3 Å². The van der Waals surface area contributed by atoms with E-state index in [0.717, 1.165) is 12.8 Å². The molecule has 3 rings (SSSR count). The van der Waals surface area contributed by atoms with Crippen molar-refractivity contribution in [2.45, 2.75) is 76.6 Å². The fourth-order valence-electron chi connectivity index (χ4n) is 3.96. The molecule has 1 amide bonds. The molecular weight excluding hydrogens is 381 g/mol. The smallest absolute Gasteiger partial charge is 0.410 e. The lowest BCUT2D eigenvalue weighted by Crippen LogP contribution is -2.45. The molecule has 1 saturated heterocycles. The number of aromatic nitrogens is 3. The van der Waals surface area contributed by atoms with Crippen molar-refractivity contribution in [2.75, 3.05) is 13.1 Å². The fraction of sp³-hybridized carbons (Fsp3) is 0.789. The summed E-state index contributed by atoms with van der Waals surface area (Å²) >= 11 is 0. The van der Waals surface area contributed by atoms with Crippen molar-refractivity contribution < 1.29 is 23.6 Å². The number of likely N-dealkylation sites (tertiary alicyclic amines) is 1. The summed E-state index contributed by atoms with van der Waals surface area (Å²) in [5.74, 6) is 4.38. The number of amides is 1. The van der Waals surface area contributed by atoms with Crippen molar-refractivity contribution >= 4 is 12.1 Å². The third-order valence-corrected chi connectivity index (χ3v) is 5.70. The highest BCUT2D eigenvalue weighted by atomic mass is 19.1. The summed E-state index contributed by atoms with van der Waals surface area (Å²) < 4.78 is 22.6. The van der Waals surface area contributed by atoms with Gasteiger partial charge in [-0.1, -0.05) is 5.21 Å².